The Balaban J connectivity index is 2.26. The quantitative estimate of drug-likeness (QED) is 0.657. The highest BCUT2D eigenvalue weighted by molar-refractivity contribution is 5.93. The molecule has 3 rings (SSSR count). The number of hydrogen-bond acceptors (Lipinski definition) is 4. The number of primary amides is 1. The van der Waals surface area contributed by atoms with Gasteiger partial charge < -0.3 is 10.7 Å². The number of nitrogens with two attached hydrogens (primary N) is 1. The molecule has 7 nitrogen and oxygen atoms in total. The zero-order valence-corrected chi connectivity index (χ0v) is 12.5. The van der Waals surface area contributed by atoms with Crippen LogP contribution in [0, 0.1) is 26.9 Å². The summed E-state index contributed by atoms with van der Waals surface area (Å²) < 4.78 is 0. The fourth-order valence-corrected chi connectivity index (χ4v) is 3.30. The normalized spacial score (nSPS) is 25.7. The SMILES string of the molecule is N#CC1(C(N)=O)C=C(c2ccccc2)C([N+](=O)[O-])C1c1ccc[nH]1. The van der Waals surface area contributed by atoms with E-state index in [2.05, 4.69) is 4.98 Å². The van der Waals surface area contributed by atoms with Crippen LogP contribution in [0.15, 0.2) is 54.7 Å². The molecule has 1 aliphatic rings. The van der Waals surface area contributed by atoms with Gasteiger partial charge in [-0.25, -0.2) is 0 Å². The first-order chi connectivity index (χ1) is 11.5. The van der Waals surface area contributed by atoms with E-state index in [4.69, 9.17) is 5.73 Å². The van der Waals surface area contributed by atoms with E-state index in [1.807, 2.05) is 6.07 Å². The number of carbonyl (C=O) groups excluding carboxylic acids is 1. The average molecular weight is 322 g/mol. The number of aromatic amines is 1. The first kappa shape index (κ1) is 15.5. The summed E-state index contributed by atoms with van der Waals surface area (Å²) in [5, 5.41) is 21.5. The van der Waals surface area contributed by atoms with Gasteiger partial charge in [-0.05, 0) is 23.8 Å². The Labute approximate surface area is 137 Å². The van der Waals surface area contributed by atoms with Crippen molar-refractivity contribution in [2.45, 2.75) is 12.0 Å². The Bertz CT molecular complexity index is 852. The van der Waals surface area contributed by atoms with Crippen molar-refractivity contribution >= 4 is 11.5 Å². The molecule has 2 aromatic rings. The van der Waals surface area contributed by atoms with E-state index in [1.165, 1.54) is 6.08 Å². The maximum absolute atomic E-state index is 12.1. The molecule has 7 heteroatoms. The lowest BCUT2D eigenvalue weighted by atomic mass is 9.75. The van der Waals surface area contributed by atoms with Crippen molar-refractivity contribution in [3.05, 3.63) is 76.1 Å². The minimum absolute atomic E-state index is 0.320. The highest BCUT2D eigenvalue weighted by Gasteiger charge is 2.59. The average Bonchev–Trinajstić information content (AvgIpc) is 3.21. The number of rotatable bonds is 4. The maximum Gasteiger partial charge on any atom is 0.249 e. The van der Waals surface area contributed by atoms with Crippen molar-refractivity contribution in [2.75, 3.05) is 0 Å². The highest BCUT2D eigenvalue weighted by atomic mass is 16.6. The smallest absolute Gasteiger partial charge is 0.249 e. The van der Waals surface area contributed by atoms with Crippen LogP contribution < -0.4 is 5.73 Å². The molecule has 0 saturated carbocycles. The van der Waals surface area contributed by atoms with Gasteiger partial charge in [0.25, 0.3) is 0 Å². The molecule has 0 fully saturated rings. The van der Waals surface area contributed by atoms with Crippen molar-refractivity contribution in [2.24, 2.45) is 11.1 Å². The maximum atomic E-state index is 12.1. The lowest BCUT2D eigenvalue weighted by Crippen LogP contribution is -2.42. The van der Waals surface area contributed by atoms with Crippen LogP contribution in [0.1, 0.15) is 17.2 Å². The number of nitrogens with one attached hydrogen (secondary N) is 1. The summed E-state index contributed by atoms with van der Waals surface area (Å²) in [5.74, 6) is -1.91. The van der Waals surface area contributed by atoms with Gasteiger partial charge in [0.2, 0.25) is 11.9 Å². The number of nitriles is 1. The molecule has 24 heavy (non-hydrogen) atoms. The third-order valence-electron chi connectivity index (χ3n) is 4.39. The van der Waals surface area contributed by atoms with Gasteiger partial charge in [0.15, 0.2) is 5.41 Å². The molecule has 0 saturated heterocycles. The van der Waals surface area contributed by atoms with Crippen LogP contribution in [0.2, 0.25) is 0 Å². The van der Waals surface area contributed by atoms with Crippen LogP contribution in [0.3, 0.4) is 0 Å². The molecule has 1 heterocycles. The summed E-state index contributed by atoms with van der Waals surface area (Å²) in [5.41, 5.74) is 5.06. The number of hydrogen-bond donors (Lipinski definition) is 2. The Morgan fingerprint density at radius 2 is 2.00 bits per heavy atom. The minimum Gasteiger partial charge on any atom is -0.368 e. The molecule has 1 aromatic heterocycles. The molecule has 0 radical (unpaired) electrons. The zero-order valence-electron chi connectivity index (χ0n) is 12.5. The third-order valence-corrected chi connectivity index (χ3v) is 4.39. The van der Waals surface area contributed by atoms with Gasteiger partial charge in [0, 0.05) is 22.4 Å². The molecule has 0 aliphatic heterocycles. The highest BCUT2D eigenvalue weighted by Crippen LogP contribution is 2.51. The molecule has 0 spiro atoms. The second-order valence-electron chi connectivity index (χ2n) is 5.64. The minimum atomic E-state index is -1.78. The zero-order chi connectivity index (χ0) is 17.3. The van der Waals surface area contributed by atoms with Crippen molar-refractivity contribution in [3.63, 3.8) is 0 Å². The van der Waals surface area contributed by atoms with Crippen LogP contribution in [-0.4, -0.2) is 21.9 Å². The Hall–Kier alpha value is -3.40. The van der Waals surface area contributed by atoms with Crippen LogP contribution >= 0.6 is 0 Å². The van der Waals surface area contributed by atoms with E-state index in [0.717, 1.165) is 0 Å². The van der Waals surface area contributed by atoms with Gasteiger partial charge in [-0.15, -0.1) is 0 Å². The van der Waals surface area contributed by atoms with Crippen LogP contribution in [0.25, 0.3) is 5.57 Å². The van der Waals surface area contributed by atoms with E-state index in [0.29, 0.717) is 16.8 Å². The Morgan fingerprint density at radius 1 is 1.29 bits per heavy atom. The molecule has 120 valence electrons. The third kappa shape index (κ3) is 2.16. The van der Waals surface area contributed by atoms with E-state index in [-0.39, 0.29) is 0 Å². The fourth-order valence-electron chi connectivity index (χ4n) is 3.30. The summed E-state index contributed by atoms with van der Waals surface area (Å²) in [4.78, 5) is 26.3. The number of benzene rings is 1. The first-order valence-electron chi connectivity index (χ1n) is 7.27. The van der Waals surface area contributed by atoms with Crippen molar-refractivity contribution in [1.29, 1.82) is 5.26 Å². The number of amides is 1. The van der Waals surface area contributed by atoms with E-state index in [1.54, 1.807) is 48.7 Å². The molecule has 1 amide bonds. The molecule has 1 aromatic carbocycles. The number of aromatic nitrogens is 1. The summed E-state index contributed by atoms with van der Waals surface area (Å²) in [6.07, 6.45) is 2.94. The van der Waals surface area contributed by atoms with Gasteiger partial charge in [0.1, 0.15) is 5.92 Å². The Morgan fingerprint density at radius 3 is 2.50 bits per heavy atom. The monoisotopic (exact) mass is 322 g/mol. The molecule has 3 N–H and O–H groups in total. The van der Waals surface area contributed by atoms with Gasteiger partial charge >= 0.3 is 0 Å². The molecule has 1 aliphatic carbocycles. The fraction of sp³-hybridized carbons (Fsp3) is 0.176. The van der Waals surface area contributed by atoms with Crippen LogP contribution in [-0.2, 0) is 4.79 Å². The topological polar surface area (TPSA) is 126 Å². The second kappa shape index (κ2) is 5.66. The second-order valence-corrected chi connectivity index (χ2v) is 5.64. The molecule has 3 atom stereocenters. The first-order valence-corrected chi connectivity index (χ1v) is 7.27. The summed E-state index contributed by atoms with van der Waals surface area (Å²) in [6, 6.07) is 12.7. The largest absolute Gasteiger partial charge is 0.368 e. The number of H-pyrrole nitrogens is 1. The van der Waals surface area contributed by atoms with E-state index >= 15 is 0 Å². The molecule has 3 unspecified atom stereocenters. The Kier molecular flexibility index (Phi) is 3.66. The van der Waals surface area contributed by atoms with Crippen molar-refractivity contribution in [1.82, 2.24) is 4.98 Å². The van der Waals surface area contributed by atoms with Gasteiger partial charge in [-0.3, -0.25) is 14.9 Å². The van der Waals surface area contributed by atoms with Crippen LogP contribution in [0.5, 0.6) is 0 Å². The predicted octanol–water partition coefficient (Wildman–Crippen LogP) is 1.84. The summed E-state index contributed by atoms with van der Waals surface area (Å²) >= 11 is 0. The van der Waals surface area contributed by atoms with E-state index in [9.17, 15) is 20.2 Å². The van der Waals surface area contributed by atoms with Gasteiger partial charge in [-0.2, -0.15) is 5.26 Å². The van der Waals surface area contributed by atoms with Gasteiger partial charge in [0.05, 0.1) is 6.07 Å². The number of nitro groups is 1. The molecular formula is C17H14N4O3. The molecular weight excluding hydrogens is 308 g/mol. The van der Waals surface area contributed by atoms with Crippen molar-refractivity contribution < 1.29 is 9.72 Å². The lowest BCUT2D eigenvalue weighted by Gasteiger charge is -2.24. The van der Waals surface area contributed by atoms with Gasteiger partial charge in [-0.1, -0.05) is 30.3 Å². The van der Waals surface area contributed by atoms with Crippen molar-refractivity contribution in [3.8, 4) is 6.07 Å². The van der Waals surface area contributed by atoms with Crippen LogP contribution in [0.4, 0.5) is 0 Å². The number of nitrogens with zero attached hydrogens (tertiary/aromatic N) is 2. The predicted molar refractivity (Wildman–Crippen MR) is 86.0 cm³/mol. The molecule has 0 bridgehead atoms. The number of carbonyl (C=O) groups is 1. The standard InChI is InChI=1S/C17H14N4O3/c18-10-17(16(19)22)9-12(11-5-2-1-3-6-11)15(21(23)24)14(17)13-7-4-8-20-13/h1-9,14-15,20H,(H2,19,22). The summed E-state index contributed by atoms with van der Waals surface area (Å²) in [6.45, 7) is 0. The lowest BCUT2D eigenvalue weighted by molar-refractivity contribution is -0.510. The van der Waals surface area contributed by atoms with E-state index < -0.39 is 28.2 Å². The summed E-state index contributed by atoms with van der Waals surface area (Å²) in [7, 11) is 0.